The number of hydrogen-bond acceptors (Lipinski definition) is 5. The van der Waals surface area contributed by atoms with Crippen LogP contribution in [0.15, 0.2) is 42.5 Å². The number of fused-ring (bicyclic) bond motifs is 1. The minimum Gasteiger partial charge on any atom is -0.493 e. The fourth-order valence-corrected chi connectivity index (χ4v) is 4.79. The summed E-state index contributed by atoms with van der Waals surface area (Å²) in [4.78, 5) is 20.1. The highest BCUT2D eigenvalue weighted by Crippen LogP contribution is 2.37. The van der Waals surface area contributed by atoms with E-state index in [4.69, 9.17) is 16.3 Å². The summed E-state index contributed by atoms with van der Waals surface area (Å²) in [5.41, 5.74) is 3.70. The number of β-amino-alcohol motifs (C(OH)–C–C–N with tert-alkyl or cyclic N) is 1. The normalized spacial score (nSPS) is 15.5. The van der Waals surface area contributed by atoms with E-state index in [0.717, 1.165) is 54.9 Å². The van der Waals surface area contributed by atoms with Gasteiger partial charge in [0.2, 0.25) is 0 Å². The van der Waals surface area contributed by atoms with E-state index < -0.39 is 6.10 Å². The van der Waals surface area contributed by atoms with Gasteiger partial charge in [-0.3, -0.25) is 9.69 Å². The van der Waals surface area contributed by atoms with Crippen LogP contribution in [0.25, 0.3) is 10.9 Å². The second-order valence-electron chi connectivity index (χ2n) is 8.74. The molecule has 1 atom stereocenters. The number of hydrogen-bond donors (Lipinski definition) is 3. The number of nitrogens with one attached hydrogen (secondary N) is 2. The SMILES string of the molecule is CCc1cc(Cl)c(OC)c(N2CCN(CC(O)CCNC(=O)c3cc4ccccc4[nH]3)CC2)c1. The summed E-state index contributed by atoms with van der Waals surface area (Å²) >= 11 is 6.43. The molecule has 1 aromatic heterocycles. The van der Waals surface area contributed by atoms with Gasteiger partial charge in [-0.2, -0.15) is 0 Å². The molecular weight excluding hydrogens is 452 g/mol. The van der Waals surface area contributed by atoms with Gasteiger partial charge in [-0.05, 0) is 42.7 Å². The first-order chi connectivity index (χ1) is 16.5. The molecule has 7 nitrogen and oxygen atoms in total. The van der Waals surface area contributed by atoms with Crippen LogP contribution in [0.2, 0.25) is 5.02 Å². The molecule has 0 bridgehead atoms. The molecule has 0 aliphatic carbocycles. The van der Waals surface area contributed by atoms with E-state index in [1.807, 2.05) is 36.4 Å². The fourth-order valence-electron chi connectivity index (χ4n) is 4.48. The zero-order chi connectivity index (χ0) is 24.1. The number of aromatic amines is 1. The van der Waals surface area contributed by atoms with Gasteiger partial charge >= 0.3 is 0 Å². The van der Waals surface area contributed by atoms with Crippen molar-refractivity contribution in [3.8, 4) is 5.75 Å². The number of H-pyrrole nitrogens is 1. The molecule has 0 radical (unpaired) electrons. The molecule has 0 spiro atoms. The Morgan fingerprint density at radius 2 is 1.97 bits per heavy atom. The van der Waals surface area contributed by atoms with Crippen molar-refractivity contribution in [2.45, 2.75) is 25.9 Å². The Bertz CT molecular complexity index is 1090. The number of carbonyl (C=O) groups is 1. The van der Waals surface area contributed by atoms with Crippen LogP contribution in [0.5, 0.6) is 5.75 Å². The monoisotopic (exact) mass is 484 g/mol. The number of aryl methyl sites for hydroxylation is 1. The number of aromatic nitrogens is 1. The van der Waals surface area contributed by atoms with Crippen LogP contribution in [0, 0.1) is 0 Å². The Balaban J connectivity index is 1.23. The Morgan fingerprint density at radius 3 is 2.68 bits per heavy atom. The van der Waals surface area contributed by atoms with Crippen LogP contribution in [-0.2, 0) is 6.42 Å². The van der Waals surface area contributed by atoms with E-state index in [2.05, 4.69) is 33.1 Å². The minimum absolute atomic E-state index is 0.154. The summed E-state index contributed by atoms with van der Waals surface area (Å²) in [7, 11) is 1.65. The van der Waals surface area contributed by atoms with E-state index in [9.17, 15) is 9.90 Å². The molecule has 2 aromatic carbocycles. The zero-order valence-electron chi connectivity index (χ0n) is 19.8. The third-order valence-corrected chi connectivity index (χ3v) is 6.70. The second-order valence-corrected chi connectivity index (χ2v) is 9.15. The summed E-state index contributed by atoms with van der Waals surface area (Å²) in [6.07, 6.45) is 0.926. The van der Waals surface area contributed by atoms with Gasteiger partial charge in [-0.1, -0.05) is 36.7 Å². The summed E-state index contributed by atoms with van der Waals surface area (Å²) in [5, 5.41) is 15.1. The Hall–Kier alpha value is -2.74. The van der Waals surface area contributed by atoms with Crippen LogP contribution >= 0.6 is 11.6 Å². The quantitative estimate of drug-likeness (QED) is 0.431. The van der Waals surface area contributed by atoms with Crippen LogP contribution in [0.4, 0.5) is 5.69 Å². The van der Waals surface area contributed by atoms with E-state index in [-0.39, 0.29) is 5.91 Å². The number of benzene rings is 2. The third kappa shape index (κ3) is 5.66. The Labute approximate surface area is 205 Å². The van der Waals surface area contributed by atoms with Crippen molar-refractivity contribution in [2.24, 2.45) is 0 Å². The number of carbonyl (C=O) groups excluding carboxylic acids is 1. The largest absolute Gasteiger partial charge is 0.493 e. The molecule has 3 N–H and O–H groups in total. The average molecular weight is 485 g/mol. The van der Waals surface area contributed by atoms with Crippen molar-refractivity contribution < 1.29 is 14.6 Å². The highest BCUT2D eigenvalue weighted by molar-refractivity contribution is 6.32. The predicted octanol–water partition coefficient (Wildman–Crippen LogP) is 3.70. The fraction of sp³-hybridized carbons (Fsp3) is 0.423. The lowest BCUT2D eigenvalue weighted by molar-refractivity contribution is 0.0899. The number of halogens is 1. The van der Waals surface area contributed by atoms with Crippen molar-refractivity contribution in [3.63, 3.8) is 0 Å². The topological polar surface area (TPSA) is 80.8 Å². The van der Waals surface area contributed by atoms with Gasteiger partial charge in [0.05, 0.1) is 23.9 Å². The highest BCUT2D eigenvalue weighted by atomic mass is 35.5. The number of ether oxygens (including phenoxy) is 1. The van der Waals surface area contributed by atoms with Crippen molar-refractivity contribution in [3.05, 3.63) is 58.7 Å². The number of rotatable bonds is 9. The van der Waals surface area contributed by atoms with Crippen LogP contribution in [0.3, 0.4) is 0 Å². The lowest BCUT2D eigenvalue weighted by atomic mass is 10.1. The van der Waals surface area contributed by atoms with Crippen LogP contribution in [0.1, 0.15) is 29.4 Å². The maximum atomic E-state index is 12.4. The number of methoxy groups -OCH3 is 1. The van der Waals surface area contributed by atoms with Gasteiger partial charge in [0.15, 0.2) is 5.75 Å². The van der Waals surface area contributed by atoms with Gasteiger partial charge in [-0.25, -0.2) is 0 Å². The third-order valence-electron chi connectivity index (χ3n) is 6.42. The lowest BCUT2D eigenvalue weighted by Crippen LogP contribution is -2.49. The van der Waals surface area contributed by atoms with Crippen molar-refractivity contribution >= 4 is 34.1 Å². The minimum atomic E-state index is -0.498. The van der Waals surface area contributed by atoms with E-state index in [1.165, 1.54) is 5.56 Å². The van der Waals surface area contributed by atoms with Gasteiger partial charge in [0, 0.05) is 50.2 Å². The maximum absolute atomic E-state index is 12.4. The molecule has 0 saturated carbocycles. The molecule has 1 unspecified atom stereocenters. The van der Waals surface area contributed by atoms with E-state index >= 15 is 0 Å². The molecule has 1 amide bonds. The zero-order valence-corrected chi connectivity index (χ0v) is 20.6. The number of aliphatic hydroxyl groups excluding tert-OH is 1. The number of para-hydroxylation sites is 1. The number of anilines is 1. The van der Waals surface area contributed by atoms with Crippen molar-refractivity contribution in [1.82, 2.24) is 15.2 Å². The summed E-state index contributed by atoms with van der Waals surface area (Å²) in [6, 6.07) is 13.8. The first kappa shape index (κ1) is 24.4. The molecule has 1 aliphatic heterocycles. The van der Waals surface area contributed by atoms with Gasteiger partial charge < -0.3 is 25.0 Å². The second kappa shape index (κ2) is 11.1. The number of nitrogens with zero attached hydrogens (tertiary/aromatic N) is 2. The predicted molar refractivity (Wildman–Crippen MR) is 137 cm³/mol. The Kier molecular flexibility index (Phi) is 7.98. The molecule has 34 heavy (non-hydrogen) atoms. The van der Waals surface area contributed by atoms with Crippen LogP contribution < -0.4 is 15.0 Å². The number of amides is 1. The molecule has 1 saturated heterocycles. The summed E-state index contributed by atoms with van der Waals surface area (Å²) in [5.74, 6) is 0.567. The summed E-state index contributed by atoms with van der Waals surface area (Å²) < 4.78 is 5.57. The lowest BCUT2D eigenvalue weighted by Gasteiger charge is -2.37. The summed E-state index contributed by atoms with van der Waals surface area (Å²) in [6.45, 7) is 6.49. The first-order valence-corrected chi connectivity index (χ1v) is 12.2. The first-order valence-electron chi connectivity index (χ1n) is 11.9. The molecule has 1 fully saturated rings. The molecule has 8 heteroatoms. The molecule has 3 aromatic rings. The van der Waals surface area contributed by atoms with Crippen molar-refractivity contribution in [2.75, 3.05) is 51.3 Å². The Morgan fingerprint density at radius 1 is 1.21 bits per heavy atom. The van der Waals surface area contributed by atoms with E-state index in [1.54, 1.807) is 7.11 Å². The van der Waals surface area contributed by atoms with Gasteiger partial charge in [-0.15, -0.1) is 0 Å². The maximum Gasteiger partial charge on any atom is 0.267 e. The van der Waals surface area contributed by atoms with Crippen molar-refractivity contribution in [1.29, 1.82) is 0 Å². The van der Waals surface area contributed by atoms with Gasteiger partial charge in [0.25, 0.3) is 5.91 Å². The highest BCUT2D eigenvalue weighted by Gasteiger charge is 2.23. The number of piperazine rings is 1. The number of aliphatic hydroxyl groups is 1. The standard InChI is InChI=1S/C26H33ClN4O3/c1-3-18-14-21(27)25(34-2)24(15-18)31-12-10-30(11-13-31)17-20(32)8-9-28-26(33)23-16-19-6-4-5-7-22(19)29-23/h4-7,14-16,20,29,32H,3,8-13,17H2,1-2H3,(H,28,33). The molecule has 4 rings (SSSR count). The van der Waals surface area contributed by atoms with Crippen LogP contribution in [-0.4, -0.2) is 73.4 Å². The molecule has 182 valence electrons. The van der Waals surface area contributed by atoms with E-state index in [0.29, 0.717) is 30.2 Å². The smallest absolute Gasteiger partial charge is 0.267 e. The molecular formula is C26H33ClN4O3. The molecule has 1 aliphatic rings. The van der Waals surface area contributed by atoms with Gasteiger partial charge in [0.1, 0.15) is 5.69 Å². The molecule has 2 heterocycles. The average Bonchev–Trinajstić information content (AvgIpc) is 3.28.